The van der Waals surface area contributed by atoms with Crippen molar-refractivity contribution in [3.8, 4) is 5.75 Å². The molecule has 0 saturated carbocycles. The van der Waals surface area contributed by atoms with E-state index in [1.54, 1.807) is 7.11 Å². The molecule has 0 bridgehead atoms. The molecule has 3 rings (SSSR count). The van der Waals surface area contributed by atoms with E-state index in [0.29, 0.717) is 11.4 Å². The molecule has 2 unspecified atom stereocenters. The van der Waals surface area contributed by atoms with Gasteiger partial charge in [-0.3, -0.25) is 4.79 Å². The first-order valence-corrected chi connectivity index (χ1v) is 12.0. The molecule has 0 aliphatic carbocycles. The monoisotopic (exact) mass is 467 g/mol. The van der Waals surface area contributed by atoms with E-state index < -0.39 is 5.97 Å². The van der Waals surface area contributed by atoms with Gasteiger partial charge in [0.05, 0.1) is 7.11 Å². The van der Waals surface area contributed by atoms with Crippen LogP contribution < -0.4 is 9.64 Å². The Morgan fingerprint density at radius 2 is 1.97 bits per heavy atom. The summed E-state index contributed by atoms with van der Waals surface area (Å²) >= 11 is 6.49. The summed E-state index contributed by atoms with van der Waals surface area (Å²) in [7, 11) is 1.70. The van der Waals surface area contributed by atoms with Crippen LogP contribution in [0.4, 0.5) is 5.69 Å². The Bertz CT molecular complexity index is 1070. The van der Waals surface area contributed by atoms with Crippen LogP contribution in [0.15, 0.2) is 59.9 Å². The summed E-state index contributed by atoms with van der Waals surface area (Å²) < 4.78 is 5.56. The predicted molar refractivity (Wildman–Crippen MR) is 136 cm³/mol. The molecule has 1 N–H and O–H groups in total. The summed E-state index contributed by atoms with van der Waals surface area (Å²) in [6.07, 6.45) is 6.90. The van der Waals surface area contributed by atoms with Crippen LogP contribution in [0.2, 0.25) is 5.02 Å². The van der Waals surface area contributed by atoms with Gasteiger partial charge in [0.1, 0.15) is 5.75 Å². The molecule has 0 fully saturated rings. The molecule has 2 aromatic carbocycles. The number of benzene rings is 2. The van der Waals surface area contributed by atoms with Gasteiger partial charge in [0.25, 0.3) is 0 Å². The zero-order chi connectivity index (χ0) is 24.1. The van der Waals surface area contributed by atoms with Gasteiger partial charge in [0.2, 0.25) is 0 Å². The van der Waals surface area contributed by atoms with Gasteiger partial charge in [-0.2, -0.15) is 0 Å². The second-order valence-corrected chi connectivity index (χ2v) is 9.17. The Morgan fingerprint density at radius 3 is 2.64 bits per heavy atom. The first-order valence-electron chi connectivity index (χ1n) is 11.6. The Morgan fingerprint density at radius 1 is 1.21 bits per heavy atom. The van der Waals surface area contributed by atoms with Gasteiger partial charge in [-0.25, -0.2) is 0 Å². The maximum Gasteiger partial charge on any atom is 0.303 e. The van der Waals surface area contributed by atoms with E-state index in [1.807, 2.05) is 24.3 Å². The number of anilines is 1. The number of carboxylic acids is 1. The fourth-order valence-electron chi connectivity index (χ4n) is 4.83. The minimum Gasteiger partial charge on any atom is -0.496 e. The molecule has 2 aromatic rings. The van der Waals surface area contributed by atoms with Crippen molar-refractivity contribution in [2.75, 3.05) is 12.0 Å². The molecule has 1 aliphatic rings. The number of hydrogen-bond acceptors (Lipinski definition) is 3. The fourth-order valence-corrected chi connectivity index (χ4v) is 5.02. The summed E-state index contributed by atoms with van der Waals surface area (Å²) in [4.78, 5) is 13.5. The summed E-state index contributed by atoms with van der Waals surface area (Å²) in [5, 5.41) is 9.94. The number of ether oxygens (including phenoxy) is 1. The van der Waals surface area contributed by atoms with Crippen molar-refractivity contribution in [1.82, 2.24) is 0 Å². The average Bonchev–Trinajstić information content (AvgIpc) is 2.81. The number of allylic oxidation sites excluding steroid dienone is 3. The van der Waals surface area contributed by atoms with E-state index >= 15 is 0 Å². The molecule has 0 saturated heterocycles. The van der Waals surface area contributed by atoms with Gasteiger partial charge >= 0.3 is 5.97 Å². The molecule has 4 nitrogen and oxygen atoms in total. The normalized spacial score (nSPS) is 15.5. The van der Waals surface area contributed by atoms with Crippen LogP contribution in [0, 0.1) is 12.8 Å². The van der Waals surface area contributed by atoms with Gasteiger partial charge in [0.15, 0.2) is 0 Å². The Hall–Kier alpha value is -2.72. The molecule has 33 heavy (non-hydrogen) atoms. The summed E-state index contributed by atoms with van der Waals surface area (Å²) in [5.41, 5.74) is 7.07. The largest absolute Gasteiger partial charge is 0.496 e. The first kappa shape index (κ1) is 24.9. The van der Waals surface area contributed by atoms with E-state index in [-0.39, 0.29) is 18.3 Å². The number of nitrogens with zero attached hydrogens (tertiary/aromatic N) is 1. The van der Waals surface area contributed by atoms with Crippen LogP contribution in [-0.4, -0.2) is 18.2 Å². The molecule has 0 amide bonds. The number of aliphatic carboxylic acids is 1. The lowest BCUT2D eigenvalue weighted by molar-refractivity contribution is -0.137. The fraction of sp³-hybridized carbons (Fsp3) is 0.393. The van der Waals surface area contributed by atoms with E-state index in [1.165, 1.54) is 16.8 Å². The molecular weight excluding hydrogens is 434 g/mol. The topological polar surface area (TPSA) is 49.8 Å². The number of halogens is 1. The van der Waals surface area contributed by atoms with Crippen LogP contribution in [0.3, 0.4) is 0 Å². The molecule has 0 radical (unpaired) electrons. The zero-order valence-electron chi connectivity index (χ0n) is 20.2. The minimum atomic E-state index is -0.757. The molecule has 2 atom stereocenters. The van der Waals surface area contributed by atoms with Crippen LogP contribution in [0.25, 0.3) is 0 Å². The van der Waals surface area contributed by atoms with E-state index in [0.717, 1.165) is 35.4 Å². The Balaban J connectivity index is 2.11. The second kappa shape index (κ2) is 10.9. The van der Waals surface area contributed by atoms with Crippen molar-refractivity contribution in [2.45, 2.75) is 59.3 Å². The maximum atomic E-state index is 11.2. The van der Waals surface area contributed by atoms with Gasteiger partial charge in [0, 0.05) is 34.9 Å². The smallest absolute Gasteiger partial charge is 0.303 e. The lowest BCUT2D eigenvalue weighted by Crippen LogP contribution is -2.26. The number of carbonyl (C=O) groups is 1. The molecule has 0 spiro atoms. The third-order valence-corrected chi connectivity index (χ3v) is 6.89. The van der Waals surface area contributed by atoms with Gasteiger partial charge < -0.3 is 14.7 Å². The molecule has 5 heteroatoms. The molecule has 0 aromatic heterocycles. The zero-order valence-corrected chi connectivity index (χ0v) is 20.9. The van der Waals surface area contributed by atoms with E-state index in [9.17, 15) is 9.90 Å². The molecule has 176 valence electrons. The number of carboxylic acid groups (broad SMARTS) is 1. The first-order chi connectivity index (χ1) is 15.8. The highest BCUT2D eigenvalue weighted by atomic mass is 35.5. The lowest BCUT2D eigenvalue weighted by Gasteiger charge is -2.35. The number of methoxy groups -OCH3 is 1. The van der Waals surface area contributed by atoms with Crippen LogP contribution >= 0.6 is 11.6 Å². The molecule has 1 aliphatic heterocycles. The summed E-state index contributed by atoms with van der Waals surface area (Å²) in [6, 6.07) is 12.2. The predicted octanol–water partition coefficient (Wildman–Crippen LogP) is 7.70. The van der Waals surface area contributed by atoms with Gasteiger partial charge in [-0.05, 0) is 78.6 Å². The van der Waals surface area contributed by atoms with Crippen molar-refractivity contribution in [2.24, 2.45) is 5.92 Å². The third-order valence-electron chi connectivity index (χ3n) is 6.65. The summed E-state index contributed by atoms with van der Waals surface area (Å²) in [5.74, 6) is 0.327. The standard InChI is InChI=1S/C28H34ClNO3/c1-6-21-9-8-16-30(28(21)18(2)12-15-27(31)32)25-14-13-22(29)17-24(25)19(3)23-10-7-11-26(33-5)20(23)4/h7-8,10-11,13-14,16-19H,6,9,12,15H2,1-5H3,(H,31,32). The average molecular weight is 468 g/mol. The minimum absolute atomic E-state index is 0.0878. The Kier molecular flexibility index (Phi) is 8.25. The number of rotatable bonds is 9. The van der Waals surface area contributed by atoms with Crippen molar-refractivity contribution < 1.29 is 14.6 Å². The molecular formula is C28H34ClNO3. The van der Waals surface area contributed by atoms with E-state index in [2.05, 4.69) is 57.0 Å². The van der Waals surface area contributed by atoms with Crippen molar-refractivity contribution in [1.29, 1.82) is 0 Å². The summed E-state index contributed by atoms with van der Waals surface area (Å²) in [6.45, 7) is 8.58. The van der Waals surface area contributed by atoms with Crippen LogP contribution in [0.1, 0.15) is 69.1 Å². The number of hydrogen-bond donors (Lipinski definition) is 1. The Labute approximate surface area is 202 Å². The van der Waals surface area contributed by atoms with Crippen molar-refractivity contribution >= 4 is 23.3 Å². The SMILES string of the molecule is CCC1=C(C(C)CCC(=O)O)N(c2ccc(Cl)cc2C(C)c2cccc(OC)c2C)C=CC1. The van der Waals surface area contributed by atoms with Gasteiger partial charge in [-0.15, -0.1) is 0 Å². The van der Waals surface area contributed by atoms with Crippen LogP contribution in [-0.2, 0) is 4.79 Å². The molecule has 1 heterocycles. The van der Waals surface area contributed by atoms with Crippen molar-refractivity contribution in [3.63, 3.8) is 0 Å². The quantitative estimate of drug-likeness (QED) is 0.410. The third kappa shape index (κ3) is 5.44. The highest BCUT2D eigenvalue weighted by Crippen LogP contribution is 2.42. The van der Waals surface area contributed by atoms with Crippen LogP contribution in [0.5, 0.6) is 5.75 Å². The highest BCUT2D eigenvalue weighted by Gasteiger charge is 2.26. The maximum absolute atomic E-state index is 11.2. The highest BCUT2D eigenvalue weighted by molar-refractivity contribution is 6.30. The van der Waals surface area contributed by atoms with Gasteiger partial charge in [-0.1, -0.05) is 50.6 Å². The van der Waals surface area contributed by atoms with Crippen molar-refractivity contribution in [3.05, 3.63) is 81.7 Å². The lowest BCUT2D eigenvalue weighted by atomic mass is 9.86. The second-order valence-electron chi connectivity index (χ2n) is 8.73. The van der Waals surface area contributed by atoms with E-state index in [4.69, 9.17) is 16.3 Å².